The van der Waals surface area contributed by atoms with Gasteiger partial charge in [0.25, 0.3) is 5.91 Å². The number of likely N-dealkylation sites (tertiary alicyclic amines) is 1. The fourth-order valence-electron chi connectivity index (χ4n) is 2.07. The van der Waals surface area contributed by atoms with Gasteiger partial charge in [0.05, 0.1) is 0 Å². The van der Waals surface area contributed by atoms with E-state index in [2.05, 4.69) is 9.97 Å². The van der Waals surface area contributed by atoms with E-state index in [9.17, 15) is 9.59 Å². The predicted octanol–water partition coefficient (Wildman–Crippen LogP) is 1.19. The second-order valence-electron chi connectivity index (χ2n) is 4.27. The number of hydrogen-bond donors (Lipinski definition) is 1. The fourth-order valence-corrected chi connectivity index (χ4v) is 2.07. The van der Waals surface area contributed by atoms with Crippen LogP contribution in [-0.4, -0.2) is 44.9 Å². The number of aromatic carboxylic acids is 1. The Hall–Kier alpha value is -1.98. The highest BCUT2D eigenvalue weighted by Gasteiger charge is 2.24. The molecule has 0 saturated carbocycles. The van der Waals surface area contributed by atoms with Crippen LogP contribution in [0.2, 0.25) is 0 Å². The van der Waals surface area contributed by atoms with E-state index in [1.165, 1.54) is 12.4 Å². The van der Waals surface area contributed by atoms with Gasteiger partial charge in [-0.25, -0.2) is 14.8 Å². The van der Waals surface area contributed by atoms with Crippen LogP contribution in [0.5, 0.6) is 0 Å². The average molecular weight is 249 g/mol. The first-order chi connectivity index (χ1) is 8.70. The Morgan fingerprint density at radius 1 is 1.00 bits per heavy atom. The molecule has 1 aromatic heterocycles. The fraction of sp³-hybridized carbons (Fsp3) is 0.500. The minimum absolute atomic E-state index is 0.0631. The van der Waals surface area contributed by atoms with Crippen molar-refractivity contribution in [2.24, 2.45) is 0 Å². The zero-order chi connectivity index (χ0) is 13.0. The first-order valence-corrected chi connectivity index (χ1v) is 6.03. The summed E-state index contributed by atoms with van der Waals surface area (Å²) < 4.78 is 0. The number of rotatable bonds is 2. The molecule has 18 heavy (non-hydrogen) atoms. The van der Waals surface area contributed by atoms with Crippen molar-refractivity contribution < 1.29 is 14.7 Å². The molecule has 1 fully saturated rings. The number of carbonyl (C=O) groups excluding carboxylic acids is 1. The van der Waals surface area contributed by atoms with Crippen LogP contribution in [0, 0.1) is 0 Å². The molecule has 0 aromatic carbocycles. The molecule has 0 radical (unpaired) electrons. The summed E-state index contributed by atoms with van der Waals surface area (Å²) in [5, 5.41) is 9.00. The second-order valence-corrected chi connectivity index (χ2v) is 4.27. The number of carboxylic acids is 1. The van der Waals surface area contributed by atoms with Crippen LogP contribution >= 0.6 is 0 Å². The van der Waals surface area contributed by atoms with Gasteiger partial charge in [0.1, 0.15) is 0 Å². The number of carbonyl (C=O) groups is 2. The highest BCUT2D eigenvalue weighted by molar-refractivity contribution is 6.01. The standard InChI is InChI=1S/C12H15N3O3/c16-11(15-7-3-1-2-4-8-15)9-10(12(17)18)14-6-5-13-9/h5-6H,1-4,7-8H2,(H,17,18). The zero-order valence-electron chi connectivity index (χ0n) is 10.0. The third kappa shape index (κ3) is 2.64. The van der Waals surface area contributed by atoms with E-state index in [-0.39, 0.29) is 17.3 Å². The Kier molecular flexibility index (Phi) is 3.86. The summed E-state index contributed by atoms with van der Waals surface area (Å²) in [5.74, 6) is -1.55. The van der Waals surface area contributed by atoms with Crippen molar-refractivity contribution >= 4 is 11.9 Å². The topological polar surface area (TPSA) is 83.4 Å². The quantitative estimate of drug-likeness (QED) is 0.851. The average Bonchev–Trinajstić information content (AvgIpc) is 2.66. The van der Waals surface area contributed by atoms with Crippen molar-refractivity contribution in [2.75, 3.05) is 13.1 Å². The summed E-state index contributed by atoms with van der Waals surface area (Å²) in [6.45, 7) is 1.32. The normalized spacial score (nSPS) is 16.1. The van der Waals surface area contributed by atoms with Crippen LogP contribution < -0.4 is 0 Å². The third-order valence-corrected chi connectivity index (χ3v) is 3.00. The van der Waals surface area contributed by atoms with E-state index >= 15 is 0 Å². The van der Waals surface area contributed by atoms with Crippen LogP contribution in [0.15, 0.2) is 12.4 Å². The molecule has 2 rings (SSSR count). The lowest BCUT2D eigenvalue weighted by Gasteiger charge is -2.19. The minimum Gasteiger partial charge on any atom is -0.476 e. The summed E-state index contributed by atoms with van der Waals surface area (Å²) in [6, 6.07) is 0. The molecule has 96 valence electrons. The Bertz CT molecular complexity index is 454. The predicted molar refractivity (Wildman–Crippen MR) is 63.4 cm³/mol. The van der Waals surface area contributed by atoms with Gasteiger partial charge in [-0.1, -0.05) is 12.8 Å². The maximum atomic E-state index is 12.2. The van der Waals surface area contributed by atoms with Gasteiger partial charge in [0.2, 0.25) is 0 Å². The molecule has 1 N–H and O–H groups in total. The highest BCUT2D eigenvalue weighted by atomic mass is 16.4. The van der Waals surface area contributed by atoms with E-state index < -0.39 is 5.97 Å². The first kappa shape index (κ1) is 12.5. The molecule has 1 amide bonds. The van der Waals surface area contributed by atoms with Gasteiger partial charge < -0.3 is 10.0 Å². The molecule has 1 aliphatic heterocycles. The van der Waals surface area contributed by atoms with Crippen molar-refractivity contribution in [3.05, 3.63) is 23.8 Å². The van der Waals surface area contributed by atoms with E-state index in [0.29, 0.717) is 13.1 Å². The molecular formula is C12H15N3O3. The second kappa shape index (κ2) is 5.57. The lowest BCUT2D eigenvalue weighted by atomic mass is 10.2. The van der Waals surface area contributed by atoms with Gasteiger partial charge in [-0.15, -0.1) is 0 Å². The molecule has 0 aliphatic carbocycles. The van der Waals surface area contributed by atoms with Gasteiger partial charge >= 0.3 is 5.97 Å². The Balaban J connectivity index is 2.24. The van der Waals surface area contributed by atoms with Crippen LogP contribution in [0.3, 0.4) is 0 Å². The van der Waals surface area contributed by atoms with Crippen molar-refractivity contribution in [3.63, 3.8) is 0 Å². The molecule has 1 aliphatic rings. The van der Waals surface area contributed by atoms with E-state index in [0.717, 1.165) is 25.7 Å². The number of nitrogens with zero attached hydrogens (tertiary/aromatic N) is 3. The first-order valence-electron chi connectivity index (χ1n) is 6.03. The van der Waals surface area contributed by atoms with Gasteiger partial charge in [-0.2, -0.15) is 0 Å². The van der Waals surface area contributed by atoms with Crippen LogP contribution in [0.4, 0.5) is 0 Å². The number of hydrogen-bond acceptors (Lipinski definition) is 4. The number of aromatic nitrogens is 2. The van der Waals surface area contributed by atoms with Crippen LogP contribution in [0.1, 0.15) is 46.7 Å². The van der Waals surface area contributed by atoms with Gasteiger partial charge in [0.15, 0.2) is 11.4 Å². The monoisotopic (exact) mass is 249 g/mol. The van der Waals surface area contributed by atoms with Gasteiger partial charge in [-0.05, 0) is 12.8 Å². The lowest BCUT2D eigenvalue weighted by molar-refractivity contribution is 0.0666. The van der Waals surface area contributed by atoms with Crippen molar-refractivity contribution in [1.29, 1.82) is 0 Å². The summed E-state index contributed by atoms with van der Waals surface area (Å²) in [6.07, 6.45) is 6.75. The molecule has 0 spiro atoms. The molecule has 2 heterocycles. The molecule has 1 aromatic rings. The molecular weight excluding hydrogens is 234 g/mol. The summed E-state index contributed by atoms with van der Waals surface area (Å²) in [5.41, 5.74) is -0.335. The number of carboxylic acid groups (broad SMARTS) is 1. The molecule has 6 heteroatoms. The minimum atomic E-state index is -1.22. The SMILES string of the molecule is O=C(O)c1nccnc1C(=O)N1CCCCCC1. The van der Waals surface area contributed by atoms with Crippen molar-refractivity contribution in [2.45, 2.75) is 25.7 Å². The summed E-state index contributed by atoms with van der Waals surface area (Å²) in [7, 11) is 0. The molecule has 6 nitrogen and oxygen atoms in total. The van der Waals surface area contributed by atoms with Gasteiger partial charge in [0, 0.05) is 25.5 Å². The maximum absolute atomic E-state index is 12.2. The smallest absolute Gasteiger partial charge is 0.356 e. The summed E-state index contributed by atoms with van der Waals surface area (Å²) in [4.78, 5) is 32.5. The molecule has 1 saturated heterocycles. The van der Waals surface area contributed by atoms with Crippen LogP contribution in [0.25, 0.3) is 0 Å². The van der Waals surface area contributed by atoms with E-state index in [1.54, 1.807) is 4.90 Å². The lowest BCUT2D eigenvalue weighted by Crippen LogP contribution is -2.33. The largest absolute Gasteiger partial charge is 0.476 e. The molecule has 0 unspecified atom stereocenters. The zero-order valence-corrected chi connectivity index (χ0v) is 10.0. The molecule has 0 atom stereocenters. The third-order valence-electron chi connectivity index (χ3n) is 3.00. The Labute approximate surface area is 105 Å². The van der Waals surface area contributed by atoms with E-state index in [1.807, 2.05) is 0 Å². The van der Waals surface area contributed by atoms with Crippen molar-refractivity contribution in [3.8, 4) is 0 Å². The van der Waals surface area contributed by atoms with Crippen molar-refractivity contribution in [1.82, 2.24) is 14.9 Å². The highest BCUT2D eigenvalue weighted by Crippen LogP contribution is 2.13. The molecule has 0 bridgehead atoms. The Morgan fingerprint density at radius 3 is 2.11 bits per heavy atom. The van der Waals surface area contributed by atoms with Gasteiger partial charge in [-0.3, -0.25) is 4.79 Å². The number of amides is 1. The maximum Gasteiger partial charge on any atom is 0.356 e. The van der Waals surface area contributed by atoms with E-state index in [4.69, 9.17) is 5.11 Å². The van der Waals surface area contributed by atoms with Crippen LogP contribution in [-0.2, 0) is 0 Å². The Morgan fingerprint density at radius 2 is 1.56 bits per heavy atom. The summed E-state index contributed by atoms with van der Waals surface area (Å²) >= 11 is 0.